The maximum Gasteiger partial charge on any atom is 0.292 e. The van der Waals surface area contributed by atoms with Crippen LogP contribution in [0.15, 0.2) is 42.5 Å². The van der Waals surface area contributed by atoms with Gasteiger partial charge < -0.3 is 9.64 Å². The molecule has 0 aliphatic carbocycles. The Morgan fingerprint density at radius 1 is 1.30 bits per heavy atom. The van der Waals surface area contributed by atoms with Gasteiger partial charge in [-0.25, -0.2) is 0 Å². The third-order valence-corrected chi connectivity index (χ3v) is 3.49. The molecule has 0 unspecified atom stereocenters. The Kier molecular flexibility index (Phi) is 5.15. The van der Waals surface area contributed by atoms with Crippen LogP contribution >= 0.6 is 0 Å². The highest BCUT2D eigenvalue weighted by molar-refractivity contribution is 5.65. The first-order valence-corrected chi connectivity index (χ1v) is 7.11. The van der Waals surface area contributed by atoms with E-state index >= 15 is 0 Å². The molecular formula is C17H17N3O3. The average molecular weight is 311 g/mol. The summed E-state index contributed by atoms with van der Waals surface area (Å²) in [5.74, 6) is 0.793. The molecule has 0 amide bonds. The first kappa shape index (κ1) is 16.3. The third-order valence-electron chi connectivity index (χ3n) is 3.49. The number of para-hydroxylation sites is 1. The van der Waals surface area contributed by atoms with Crippen molar-refractivity contribution in [2.24, 2.45) is 0 Å². The molecule has 0 aliphatic heterocycles. The smallest absolute Gasteiger partial charge is 0.292 e. The van der Waals surface area contributed by atoms with E-state index in [4.69, 9.17) is 10.00 Å². The van der Waals surface area contributed by atoms with Crippen LogP contribution in [0, 0.1) is 28.4 Å². The molecule has 0 spiro atoms. The van der Waals surface area contributed by atoms with Crippen molar-refractivity contribution in [3.8, 4) is 11.8 Å². The number of rotatable bonds is 6. The Morgan fingerprint density at radius 2 is 2.04 bits per heavy atom. The number of anilines is 1. The highest BCUT2D eigenvalue weighted by Gasteiger charge is 2.17. The van der Waals surface area contributed by atoms with Gasteiger partial charge in [-0.2, -0.15) is 5.26 Å². The molecule has 0 heterocycles. The fraction of sp³-hybridized carbons (Fsp3) is 0.235. The van der Waals surface area contributed by atoms with E-state index in [9.17, 15) is 10.1 Å². The lowest BCUT2D eigenvalue weighted by atomic mass is 10.1. The zero-order valence-electron chi connectivity index (χ0n) is 13.0. The van der Waals surface area contributed by atoms with Crippen LogP contribution in [0.25, 0.3) is 0 Å². The molecule has 6 nitrogen and oxygen atoms in total. The van der Waals surface area contributed by atoms with Crippen LogP contribution in [0.1, 0.15) is 11.1 Å². The Balaban J connectivity index is 2.08. The summed E-state index contributed by atoms with van der Waals surface area (Å²) >= 11 is 0. The third kappa shape index (κ3) is 3.98. The minimum absolute atomic E-state index is 0.0256. The van der Waals surface area contributed by atoms with Gasteiger partial charge in [-0.1, -0.05) is 18.2 Å². The molecule has 0 saturated heterocycles. The van der Waals surface area contributed by atoms with Crippen molar-refractivity contribution < 1.29 is 9.66 Å². The van der Waals surface area contributed by atoms with Gasteiger partial charge in [-0.05, 0) is 30.7 Å². The normalized spacial score (nSPS) is 9.96. The van der Waals surface area contributed by atoms with Gasteiger partial charge in [-0.3, -0.25) is 10.1 Å². The van der Waals surface area contributed by atoms with Crippen molar-refractivity contribution in [3.63, 3.8) is 0 Å². The Morgan fingerprint density at radius 3 is 2.70 bits per heavy atom. The first-order chi connectivity index (χ1) is 11.0. The molecule has 0 saturated carbocycles. The van der Waals surface area contributed by atoms with E-state index in [-0.39, 0.29) is 5.69 Å². The molecule has 0 N–H and O–H groups in total. The van der Waals surface area contributed by atoms with Crippen LogP contribution in [0.4, 0.5) is 11.4 Å². The number of ether oxygens (including phenoxy) is 1. The summed E-state index contributed by atoms with van der Waals surface area (Å²) in [6.07, 6.45) is 0. The van der Waals surface area contributed by atoms with E-state index in [1.165, 1.54) is 18.2 Å². The highest BCUT2D eigenvalue weighted by Crippen LogP contribution is 2.28. The van der Waals surface area contributed by atoms with Crippen LogP contribution in [0.2, 0.25) is 0 Å². The molecule has 2 rings (SSSR count). The molecule has 6 heteroatoms. The van der Waals surface area contributed by atoms with Crippen LogP contribution < -0.4 is 9.64 Å². The van der Waals surface area contributed by atoms with E-state index in [2.05, 4.69) is 0 Å². The molecule has 118 valence electrons. The number of likely N-dealkylation sites (N-methyl/N-ethyl adjacent to an activating group) is 1. The van der Waals surface area contributed by atoms with E-state index < -0.39 is 4.92 Å². The van der Waals surface area contributed by atoms with Gasteiger partial charge in [0.05, 0.1) is 23.1 Å². The van der Waals surface area contributed by atoms with Gasteiger partial charge >= 0.3 is 0 Å². The summed E-state index contributed by atoms with van der Waals surface area (Å²) in [5, 5.41) is 20.1. The monoisotopic (exact) mass is 311 g/mol. The summed E-state index contributed by atoms with van der Waals surface area (Å²) in [7, 11) is 1.74. The summed E-state index contributed by atoms with van der Waals surface area (Å²) < 4.78 is 5.71. The fourth-order valence-corrected chi connectivity index (χ4v) is 2.18. The van der Waals surface area contributed by atoms with Crippen molar-refractivity contribution in [2.45, 2.75) is 6.92 Å². The maximum absolute atomic E-state index is 11.1. The zero-order chi connectivity index (χ0) is 16.8. The minimum Gasteiger partial charge on any atom is -0.491 e. The second-order valence-electron chi connectivity index (χ2n) is 5.11. The molecule has 2 aromatic carbocycles. The predicted molar refractivity (Wildman–Crippen MR) is 87.8 cm³/mol. The lowest BCUT2D eigenvalue weighted by molar-refractivity contribution is -0.384. The number of nitro benzene ring substituents is 1. The Bertz CT molecular complexity index is 753. The van der Waals surface area contributed by atoms with Crippen molar-refractivity contribution in [2.75, 3.05) is 25.1 Å². The van der Waals surface area contributed by atoms with Crippen LogP contribution in [-0.2, 0) is 0 Å². The molecule has 0 bridgehead atoms. The van der Waals surface area contributed by atoms with Gasteiger partial charge in [0, 0.05) is 13.1 Å². The zero-order valence-corrected chi connectivity index (χ0v) is 13.0. The van der Waals surface area contributed by atoms with E-state index in [0.717, 1.165) is 11.3 Å². The predicted octanol–water partition coefficient (Wildman–Crippen LogP) is 3.29. The van der Waals surface area contributed by atoms with Crippen molar-refractivity contribution in [3.05, 3.63) is 63.7 Å². The Hall–Kier alpha value is -3.07. The van der Waals surface area contributed by atoms with E-state index in [1.54, 1.807) is 11.9 Å². The summed E-state index contributed by atoms with van der Waals surface area (Å²) in [5.41, 5.74) is 1.80. The SMILES string of the molecule is Cc1ccccc1OCCN(C)c1cc(C#N)ccc1[N+](=O)[O-]. The molecule has 0 atom stereocenters. The van der Waals surface area contributed by atoms with Gasteiger partial charge in [0.1, 0.15) is 18.0 Å². The lowest BCUT2D eigenvalue weighted by Gasteiger charge is -2.20. The van der Waals surface area contributed by atoms with Gasteiger partial charge in [-0.15, -0.1) is 0 Å². The fourth-order valence-electron chi connectivity index (χ4n) is 2.18. The second kappa shape index (κ2) is 7.27. The molecule has 0 aromatic heterocycles. The first-order valence-electron chi connectivity index (χ1n) is 7.11. The summed E-state index contributed by atoms with van der Waals surface area (Å²) in [6, 6.07) is 14.0. The van der Waals surface area contributed by atoms with Gasteiger partial charge in [0.2, 0.25) is 0 Å². The largest absolute Gasteiger partial charge is 0.491 e. The molecule has 0 fully saturated rings. The number of nitriles is 1. The number of hydrogen-bond acceptors (Lipinski definition) is 5. The number of aryl methyl sites for hydroxylation is 1. The molecule has 2 aromatic rings. The number of nitrogens with zero attached hydrogens (tertiary/aromatic N) is 3. The topological polar surface area (TPSA) is 79.4 Å². The Labute approximate surface area is 134 Å². The van der Waals surface area contributed by atoms with Gasteiger partial charge in [0.25, 0.3) is 5.69 Å². The maximum atomic E-state index is 11.1. The average Bonchev–Trinajstić information content (AvgIpc) is 2.55. The van der Waals surface area contributed by atoms with Gasteiger partial charge in [0.15, 0.2) is 0 Å². The molecule has 0 radical (unpaired) electrons. The second-order valence-corrected chi connectivity index (χ2v) is 5.11. The summed E-state index contributed by atoms with van der Waals surface area (Å²) in [4.78, 5) is 12.4. The van der Waals surface area contributed by atoms with Crippen LogP contribution in [0.3, 0.4) is 0 Å². The standard InChI is InChI=1S/C17H17N3O3/c1-13-5-3-4-6-17(13)23-10-9-19(2)16-11-14(12-18)7-8-15(16)20(21)22/h3-8,11H,9-10H2,1-2H3. The minimum atomic E-state index is -0.449. The van der Waals surface area contributed by atoms with E-state index in [0.29, 0.717) is 24.4 Å². The van der Waals surface area contributed by atoms with Crippen molar-refractivity contribution in [1.82, 2.24) is 0 Å². The van der Waals surface area contributed by atoms with Crippen molar-refractivity contribution in [1.29, 1.82) is 5.26 Å². The van der Waals surface area contributed by atoms with Crippen LogP contribution in [0.5, 0.6) is 5.75 Å². The quantitative estimate of drug-likeness (QED) is 0.604. The molecular weight excluding hydrogens is 294 g/mol. The number of benzene rings is 2. The summed E-state index contributed by atoms with van der Waals surface area (Å²) in [6.45, 7) is 2.81. The van der Waals surface area contributed by atoms with E-state index in [1.807, 2.05) is 37.3 Å². The molecule has 23 heavy (non-hydrogen) atoms. The van der Waals surface area contributed by atoms with Crippen LogP contribution in [-0.4, -0.2) is 25.1 Å². The lowest BCUT2D eigenvalue weighted by Crippen LogP contribution is -2.24. The number of nitro groups is 1. The highest BCUT2D eigenvalue weighted by atomic mass is 16.6. The van der Waals surface area contributed by atoms with Crippen molar-refractivity contribution >= 4 is 11.4 Å². The number of hydrogen-bond donors (Lipinski definition) is 0. The molecule has 0 aliphatic rings.